The summed E-state index contributed by atoms with van der Waals surface area (Å²) in [6, 6.07) is 8.18. The second kappa shape index (κ2) is 9.49. The van der Waals surface area contributed by atoms with Crippen molar-refractivity contribution in [3.8, 4) is 0 Å². The van der Waals surface area contributed by atoms with Crippen LogP contribution in [0.4, 0.5) is 19.1 Å². The number of carbonyl (C=O) groups is 1. The molecule has 0 bridgehead atoms. The van der Waals surface area contributed by atoms with E-state index in [0.29, 0.717) is 12.1 Å². The fraction of sp³-hybridized carbons (Fsp3) is 0.391. The number of imidazole rings is 1. The number of aromatic nitrogens is 4. The van der Waals surface area contributed by atoms with E-state index in [0.717, 1.165) is 27.8 Å². The smallest absolute Gasteiger partial charge is 0.389 e. The van der Waals surface area contributed by atoms with Gasteiger partial charge in [-0.2, -0.15) is 18.2 Å². The van der Waals surface area contributed by atoms with Crippen LogP contribution in [0.5, 0.6) is 0 Å². The topological polar surface area (TPSA) is 94.2 Å². The van der Waals surface area contributed by atoms with Crippen molar-refractivity contribution in [1.29, 1.82) is 0 Å². The minimum absolute atomic E-state index is 0. The van der Waals surface area contributed by atoms with Crippen molar-refractivity contribution < 1.29 is 18.0 Å². The van der Waals surface area contributed by atoms with Crippen molar-refractivity contribution in [3.05, 3.63) is 68.6 Å². The molecule has 1 N–H and O–H groups in total. The lowest BCUT2D eigenvalue weighted by Crippen LogP contribution is -2.41. The fourth-order valence-electron chi connectivity index (χ4n) is 4.72. The summed E-state index contributed by atoms with van der Waals surface area (Å²) in [5.41, 5.74) is -0.560. The summed E-state index contributed by atoms with van der Waals surface area (Å²) in [4.78, 5) is 45.5. The molecule has 0 amide bonds. The Kier molecular flexibility index (Phi) is 6.74. The second-order valence-corrected chi connectivity index (χ2v) is 8.74. The normalized spacial score (nSPS) is 17.1. The van der Waals surface area contributed by atoms with Crippen LogP contribution in [0, 0.1) is 5.92 Å². The Hall–Kier alpha value is -3.54. The van der Waals surface area contributed by atoms with Gasteiger partial charge in [-0.1, -0.05) is 30.3 Å². The number of hydrogen-bond donors (Lipinski definition) is 1. The number of benzene rings is 1. The highest BCUT2D eigenvalue weighted by molar-refractivity contribution is 5.96. The number of anilines is 1. The summed E-state index contributed by atoms with van der Waals surface area (Å²) in [7, 11) is 1.39. The quantitative estimate of drug-likeness (QED) is 0.498. The van der Waals surface area contributed by atoms with E-state index < -0.39 is 42.7 Å². The molecular weight excluding hydrogens is 501 g/mol. The molecule has 1 aromatic carbocycles. The van der Waals surface area contributed by atoms with E-state index in [1.54, 1.807) is 41.4 Å². The number of hydrogen-bond acceptors (Lipinski definition) is 6. The number of nitrogens with one attached hydrogen (secondary N) is 1. The highest BCUT2D eigenvalue weighted by atomic mass is 35.5. The van der Waals surface area contributed by atoms with E-state index in [1.807, 2.05) is 0 Å². The number of halogens is 4. The molecule has 1 unspecified atom stereocenters. The molecule has 0 spiro atoms. The third kappa shape index (κ3) is 4.41. The van der Waals surface area contributed by atoms with Crippen molar-refractivity contribution in [2.45, 2.75) is 32.1 Å². The van der Waals surface area contributed by atoms with Crippen LogP contribution >= 0.6 is 12.4 Å². The highest BCUT2D eigenvalue weighted by Crippen LogP contribution is 2.35. The Bertz CT molecular complexity index is 1460. The Morgan fingerprint density at radius 2 is 1.89 bits per heavy atom. The van der Waals surface area contributed by atoms with Crippen LogP contribution in [0.1, 0.15) is 23.2 Å². The Morgan fingerprint density at radius 1 is 1.17 bits per heavy atom. The molecule has 2 aromatic heterocycles. The number of carbonyl (C=O) groups excluding carboxylic acids is 1. The van der Waals surface area contributed by atoms with Gasteiger partial charge in [-0.15, -0.1) is 12.4 Å². The van der Waals surface area contributed by atoms with Gasteiger partial charge in [0.2, 0.25) is 5.95 Å². The average molecular weight is 525 g/mol. The summed E-state index contributed by atoms with van der Waals surface area (Å²) in [6.07, 6.45) is -3.04. The first-order chi connectivity index (χ1) is 16.7. The van der Waals surface area contributed by atoms with E-state index in [1.165, 1.54) is 11.6 Å². The number of nitrogens with zero attached hydrogens (tertiary/aromatic N) is 5. The van der Waals surface area contributed by atoms with Crippen LogP contribution in [0.25, 0.3) is 11.2 Å². The third-order valence-electron chi connectivity index (χ3n) is 6.52. The predicted octanol–water partition coefficient (Wildman–Crippen LogP) is 2.42. The Balaban J connectivity index is 0.00000304. The first-order valence-electron chi connectivity index (χ1n) is 11.2. The summed E-state index contributed by atoms with van der Waals surface area (Å²) >= 11 is 0. The molecule has 1 saturated heterocycles. The van der Waals surface area contributed by atoms with Gasteiger partial charge in [0.15, 0.2) is 16.9 Å². The number of aryl methyl sites for hydroxylation is 2. The summed E-state index contributed by atoms with van der Waals surface area (Å²) in [6.45, 7) is 0.174. The SMILES string of the molecule is Cl.Cn1c(=O)n(CC(=O)c2ccccc2)c(=O)c2c1nc(N1CCC3CNC=C31)n2CCC(F)(F)F. The molecule has 0 radical (unpaired) electrons. The van der Waals surface area contributed by atoms with Gasteiger partial charge >= 0.3 is 11.9 Å². The molecule has 0 saturated carbocycles. The zero-order valence-corrected chi connectivity index (χ0v) is 20.1. The first-order valence-corrected chi connectivity index (χ1v) is 11.2. The highest BCUT2D eigenvalue weighted by Gasteiger charge is 2.36. The molecule has 36 heavy (non-hydrogen) atoms. The molecule has 1 atom stereocenters. The molecule has 5 rings (SSSR count). The van der Waals surface area contributed by atoms with E-state index in [4.69, 9.17) is 0 Å². The summed E-state index contributed by atoms with van der Waals surface area (Å²) in [5.74, 6) is -0.0777. The molecule has 13 heteroatoms. The maximum Gasteiger partial charge on any atom is 0.390 e. The Labute approximate surface area is 209 Å². The zero-order chi connectivity index (χ0) is 24.9. The van der Waals surface area contributed by atoms with Crippen LogP contribution in [-0.2, 0) is 20.1 Å². The lowest BCUT2D eigenvalue weighted by atomic mass is 10.1. The molecule has 0 aliphatic carbocycles. The van der Waals surface area contributed by atoms with Gasteiger partial charge in [0.1, 0.15) is 0 Å². The average Bonchev–Trinajstić information content (AvgIpc) is 3.53. The second-order valence-electron chi connectivity index (χ2n) is 8.74. The molecule has 2 aliphatic heterocycles. The van der Waals surface area contributed by atoms with Gasteiger partial charge in [0.25, 0.3) is 5.56 Å². The lowest BCUT2D eigenvalue weighted by molar-refractivity contribution is -0.136. The number of fused-ring (bicyclic) bond motifs is 2. The minimum Gasteiger partial charge on any atom is -0.389 e. The van der Waals surface area contributed by atoms with Gasteiger partial charge in [-0.3, -0.25) is 18.7 Å². The van der Waals surface area contributed by atoms with E-state index in [-0.39, 0.29) is 35.4 Å². The Morgan fingerprint density at radius 3 is 2.58 bits per heavy atom. The first kappa shape index (κ1) is 25.5. The summed E-state index contributed by atoms with van der Waals surface area (Å²) < 4.78 is 42.7. The minimum atomic E-state index is -4.46. The molecular formula is C23H24ClF3N6O3. The maximum absolute atomic E-state index is 13.5. The van der Waals surface area contributed by atoms with Gasteiger partial charge < -0.3 is 14.8 Å². The van der Waals surface area contributed by atoms with E-state index >= 15 is 0 Å². The van der Waals surface area contributed by atoms with Crippen LogP contribution < -0.4 is 21.5 Å². The van der Waals surface area contributed by atoms with Crippen molar-refractivity contribution in [2.75, 3.05) is 18.0 Å². The van der Waals surface area contributed by atoms with Gasteiger partial charge in [-0.25, -0.2) is 4.79 Å². The third-order valence-corrected chi connectivity index (χ3v) is 6.52. The number of Topliss-reactive ketones (excluding diaryl/α,β-unsaturated/α-hetero) is 1. The lowest BCUT2D eigenvalue weighted by Gasteiger charge is -2.20. The van der Waals surface area contributed by atoms with Crippen molar-refractivity contribution in [2.24, 2.45) is 13.0 Å². The summed E-state index contributed by atoms with van der Waals surface area (Å²) in [5, 5.41) is 3.13. The predicted molar refractivity (Wildman–Crippen MR) is 129 cm³/mol. The van der Waals surface area contributed by atoms with Gasteiger partial charge in [0, 0.05) is 50.1 Å². The molecule has 192 valence electrons. The molecule has 4 heterocycles. The fourth-order valence-corrected chi connectivity index (χ4v) is 4.72. The maximum atomic E-state index is 13.5. The van der Waals surface area contributed by atoms with Crippen LogP contribution in [0.2, 0.25) is 0 Å². The van der Waals surface area contributed by atoms with Crippen molar-refractivity contribution >= 4 is 35.3 Å². The van der Waals surface area contributed by atoms with Gasteiger partial charge in [0.05, 0.1) is 13.0 Å². The number of rotatable bonds is 6. The number of ketones is 1. The van der Waals surface area contributed by atoms with Crippen LogP contribution in [-0.4, -0.2) is 43.7 Å². The molecule has 9 nitrogen and oxygen atoms in total. The number of alkyl halides is 3. The van der Waals surface area contributed by atoms with Crippen LogP contribution in [0.15, 0.2) is 51.8 Å². The van der Waals surface area contributed by atoms with Crippen molar-refractivity contribution in [1.82, 2.24) is 24.0 Å². The molecule has 2 aliphatic rings. The molecule has 1 fully saturated rings. The van der Waals surface area contributed by atoms with Crippen molar-refractivity contribution in [3.63, 3.8) is 0 Å². The zero-order valence-electron chi connectivity index (χ0n) is 19.3. The monoisotopic (exact) mass is 524 g/mol. The van der Waals surface area contributed by atoms with E-state index in [9.17, 15) is 27.6 Å². The van der Waals surface area contributed by atoms with Gasteiger partial charge in [-0.05, 0) is 6.42 Å². The van der Waals surface area contributed by atoms with E-state index in [2.05, 4.69) is 10.3 Å². The molecule has 3 aromatic rings. The largest absolute Gasteiger partial charge is 0.390 e. The standard InChI is InChI=1S/C23H23F3N6O3.ClH/c1-29-19-18(20(34)32(22(29)35)13-17(33)14-5-3-2-4-6-14)31(10-8-23(24,25)26)21(28-19)30-9-7-15-11-27-12-16(15)30;/h2-6,12,15,27H,7-11,13H2,1H3;1H. The van der Waals surface area contributed by atoms with Crippen LogP contribution in [0.3, 0.4) is 0 Å².